The lowest BCUT2D eigenvalue weighted by Crippen LogP contribution is -2.44. The lowest BCUT2D eigenvalue weighted by atomic mass is 10.0. The second-order valence-corrected chi connectivity index (χ2v) is 8.86. The number of allylic oxidation sites excluding steroid dienone is 1. The number of aryl methyl sites for hydroxylation is 1. The Morgan fingerprint density at radius 3 is 2.36 bits per heavy atom. The molecule has 1 fully saturated rings. The molecule has 0 saturated carbocycles. The maximum absolute atomic E-state index is 13.4. The highest BCUT2D eigenvalue weighted by Crippen LogP contribution is 2.37. The summed E-state index contributed by atoms with van der Waals surface area (Å²) < 4.78 is 42.8. The van der Waals surface area contributed by atoms with E-state index in [1.807, 2.05) is 13.8 Å². The number of alkyl halides is 3. The molecule has 3 amide bonds. The number of imide groups is 1. The molecule has 0 radical (unpaired) electrons. The highest BCUT2D eigenvalue weighted by Gasteiger charge is 2.51. The first-order valence-corrected chi connectivity index (χ1v) is 10.7. The normalized spacial score (nSPS) is 16.2. The molecule has 1 aliphatic heterocycles. The van der Waals surface area contributed by atoms with Gasteiger partial charge in [-0.1, -0.05) is 12.2 Å². The van der Waals surface area contributed by atoms with E-state index in [0.717, 1.165) is 26.8 Å². The zero-order valence-electron chi connectivity index (χ0n) is 18.4. The van der Waals surface area contributed by atoms with E-state index in [1.165, 1.54) is 30.9 Å². The van der Waals surface area contributed by atoms with E-state index in [2.05, 4.69) is 21.0 Å². The smallest absolute Gasteiger partial charge is 0.306 e. The van der Waals surface area contributed by atoms with Gasteiger partial charge in [-0.2, -0.15) is 23.5 Å². The zero-order chi connectivity index (χ0) is 24.7. The van der Waals surface area contributed by atoms with E-state index in [4.69, 9.17) is 5.26 Å². The summed E-state index contributed by atoms with van der Waals surface area (Å²) in [5, 5.41) is 13.4. The molecule has 0 bridgehead atoms. The van der Waals surface area contributed by atoms with Gasteiger partial charge in [0.1, 0.15) is 5.54 Å². The van der Waals surface area contributed by atoms with Crippen molar-refractivity contribution in [1.29, 1.82) is 5.26 Å². The first kappa shape index (κ1) is 24.5. The Morgan fingerprint density at radius 1 is 1.18 bits per heavy atom. The maximum Gasteiger partial charge on any atom is 0.417 e. The van der Waals surface area contributed by atoms with Crippen molar-refractivity contribution in [2.75, 3.05) is 11.4 Å². The second-order valence-electron chi connectivity index (χ2n) is 8.07. The third-order valence-corrected chi connectivity index (χ3v) is 6.68. The largest absolute Gasteiger partial charge is 0.417 e. The SMILES string of the molecule is Cc1nn(C/C=C\CN2C(=O)N(c3ccc(C#N)c(C(F)(F)F)c3)C(=O)C2(C)C)c(C)c1Br. The van der Waals surface area contributed by atoms with Gasteiger partial charge in [0.2, 0.25) is 0 Å². The van der Waals surface area contributed by atoms with E-state index >= 15 is 0 Å². The zero-order valence-corrected chi connectivity index (χ0v) is 20.0. The van der Waals surface area contributed by atoms with Crippen LogP contribution in [-0.4, -0.2) is 38.7 Å². The van der Waals surface area contributed by atoms with E-state index < -0.39 is 34.8 Å². The highest BCUT2D eigenvalue weighted by molar-refractivity contribution is 9.10. The van der Waals surface area contributed by atoms with Crippen LogP contribution < -0.4 is 4.90 Å². The Kier molecular flexibility index (Phi) is 6.44. The quantitative estimate of drug-likeness (QED) is 0.409. The van der Waals surface area contributed by atoms with Gasteiger partial charge in [0, 0.05) is 6.54 Å². The van der Waals surface area contributed by atoms with Gasteiger partial charge in [0.15, 0.2) is 0 Å². The number of aromatic nitrogens is 2. The van der Waals surface area contributed by atoms with Crippen molar-refractivity contribution >= 4 is 33.6 Å². The molecule has 2 heterocycles. The summed E-state index contributed by atoms with van der Waals surface area (Å²) in [7, 11) is 0. The van der Waals surface area contributed by atoms with Gasteiger partial charge in [0.05, 0.1) is 45.3 Å². The Bertz CT molecular complexity index is 1190. The number of carbonyl (C=O) groups excluding carboxylic acids is 2. The number of nitriles is 1. The average Bonchev–Trinajstić information content (AvgIpc) is 3.08. The molecule has 0 spiro atoms. The van der Waals surface area contributed by atoms with Gasteiger partial charge in [-0.15, -0.1) is 0 Å². The third kappa shape index (κ3) is 4.39. The molecular formula is C22H21BrF3N5O2. The summed E-state index contributed by atoms with van der Waals surface area (Å²) in [5.74, 6) is -0.652. The van der Waals surface area contributed by atoms with E-state index in [9.17, 15) is 22.8 Å². The van der Waals surface area contributed by atoms with Gasteiger partial charge in [-0.05, 0) is 61.8 Å². The molecule has 1 saturated heterocycles. The van der Waals surface area contributed by atoms with E-state index in [1.54, 1.807) is 16.8 Å². The minimum atomic E-state index is -4.80. The standard InChI is InChI=1S/C22H21BrF3N5O2/c1-13-18(23)14(2)30(28-13)10-6-5-9-29-20(33)31(19(32)21(29,3)4)16-8-7-15(12-27)17(11-16)22(24,25)26/h5-8,11H,9-10H2,1-4H3/b6-5-. The Hall–Kier alpha value is -3.13. The number of amides is 3. The highest BCUT2D eigenvalue weighted by atomic mass is 79.9. The van der Waals surface area contributed by atoms with Crippen molar-refractivity contribution in [3.63, 3.8) is 0 Å². The second kappa shape index (κ2) is 8.67. The number of hydrogen-bond acceptors (Lipinski definition) is 4. The number of nitrogens with zero attached hydrogens (tertiary/aromatic N) is 5. The first-order chi connectivity index (χ1) is 15.3. The van der Waals surface area contributed by atoms with Gasteiger partial charge in [-0.25, -0.2) is 9.69 Å². The van der Waals surface area contributed by atoms with Crippen LogP contribution in [0.3, 0.4) is 0 Å². The number of hydrogen-bond donors (Lipinski definition) is 0. The predicted octanol–water partition coefficient (Wildman–Crippen LogP) is 4.96. The van der Waals surface area contributed by atoms with Crippen LogP contribution in [0.5, 0.6) is 0 Å². The molecule has 0 atom stereocenters. The molecular weight excluding hydrogens is 503 g/mol. The third-order valence-electron chi connectivity index (χ3n) is 5.54. The molecule has 1 aromatic carbocycles. The Morgan fingerprint density at radius 2 is 1.82 bits per heavy atom. The van der Waals surface area contributed by atoms with Crippen molar-refractivity contribution < 1.29 is 22.8 Å². The molecule has 0 N–H and O–H groups in total. The Labute approximate surface area is 197 Å². The van der Waals surface area contributed by atoms with Gasteiger partial charge >= 0.3 is 12.2 Å². The van der Waals surface area contributed by atoms with Crippen LogP contribution in [0.1, 0.15) is 36.4 Å². The van der Waals surface area contributed by atoms with E-state index in [0.29, 0.717) is 12.6 Å². The van der Waals surface area contributed by atoms with Crippen molar-refractivity contribution in [1.82, 2.24) is 14.7 Å². The first-order valence-electron chi connectivity index (χ1n) is 9.92. The Balaban J connectivity index is 1.84. The minimum Gasteiger partial charge on any atom is -0.306 e. The number of carbonyl (C=O) groups is 2. The number of halogens is 4. The van der Waals surface area contributed by atoms with Crippen LogP contribution in [0, 0.1) is 25.2 Å². The summed E-state index contributed by atoms with van der Waals surface area (Å²) in [4.78, 5) is 28.0. The minimum absolute atomic E-state index is 0.0803. The summed E-state index contributed by atoms with van der Waals surface area (Å²) in [6.45, 7) is 7.38. The number of anilines is 1. The van der Waals surface area contributed by atoms with Crippen LogP contribution >= 0.6 is 15.9 Å². The van der Waals surface area contributed by atoms with Gasteiger partial charge < -0.3 is 4.90 Å². The number of rotatable bonds is 5. The fourth-order valence-electron chi connectivity index (χ4n) is 3.58. The van der Waals surface area contributed by atoms with Crippen molar-refractivity contribution in [3.8, 4) is 6.07 Å². The summed E-state index contributed by atoms with van der Waals surface area (Å²) >= 11 is 3.46. The van der Waals surface area contributed by atoms with Crippen LogP contribution in [0.2, 0.25) is 0 Å². The molecule has 11 heteroatoms. The van der Waals surface area contributed by atoms with Crippen LogP contribution in [-0.2, 0) is 17.5 Å². The molecule has 2 aromatic rings. The van der Waals surface area contributed by atoms with Gasteiger partial charge in [0.25, 0.3) is 5.91 Å². The molecule has 1 aromatic heterocycles. The predicted molar refractivity (Wildman–Crippen MR) is 118 cm³/mol. The summed E-state index contributed by atoms with van der Waals surface area (Å²) in [5.41, 5.74) is -1.50. The molecule has 0 unspecified atom stereocenters. The van der Waals surface area contributed by atoms with Crippen molar-refractivity contribution in [2.45, 2.75) is 46.0 Å². The van der Waals surface area contributed by atoms with Crippen molar-refractivity contribution in [2.24, 2.45) is 0 Å². The van der Waals surface area contributed by atoms with E-state index in [-0.39, 0.29) is 12.2 Å². The number of urea groups is 1. The van der Waals surface area contributed by atoms with Gasteiger partial charge in [-0.3, -0.25) is 9.48 Å². The molecule has 1 aliphatic rings. The molecule has 3 rings (SSSR count). The van der Waals surface area contributed by atoms with Crippen LogP contribution in [0.15, 0.2) is 34.8 Å². The fraction of sp³-hybridized carbons (Fsp3) is 0.364. The fourth-order valence-corrected chi connectivity index (χ4v) is 3.86. The van der Waals surface area contributed by atoms with Crippen molar-refractivity contribution in [3.05, 3.63) is 57.3 Å². The number of benzene rings is 1. The monoisotopic (exact) mass is 523 g/mol. The lowest BCUT2D eigenvalue weighted by Gasteiger charge is -2.26. The average molecular weight is 524 g/mol. The van der Waals surface area contributed by atoms with Crippen LogP contribution in [0.25, 0.3) is 0 Å². The summed E-state index contributed by atoms with van der Waals surface area (Å²) in [6, 6.07) is 3.53. The lowest BCUT2D eigenvalue weighted by molar-refractivity contribution is -0.137. The molecule has 33 heavy (non-hydrogen) atoms. The van der Waals surface area contributed by atoms with Crippen LogP contribution in [0.4, 0.5) is 23.7 Å². The topological polar surface area (TPSA) is 82.2 Å². The molecule has 7 nitrogen and oxygen atoms in total. The summed E-state index contributed by atoms with van der Waals surface area (Å²) in [6.07, 6.45) is -1.30. The molecule has 0 aliphatic carbocycles. The molecule has 174 valence electrons. The maximum atomic E-state index is 13.4.